The molecule has 112 valence electrons. The molecule has 1 heterocycles. The quantitative estimate of drug-likeness (QED) is 0.518. The maximum Gasteiger partial charge on any atom is 0.302 e. The van der Waals surface area contributed by atoms with Crippen LogP contribution in [-0.4, -0.2) is 51.4 Å². The summed E-state index contributed by atoms with van der Waals surface area (Å²) in [6.07, 6.45) is 1.10. The predicted octanol–water partition coefficient (Wildman–Crippen LogP) is 0.320. The van der Waals surface area contributed by atoms with Gasteiger partial charge < -0.3 is 4.74 Å². The van der Waals surface area contributed by atoms with Gasteiger partial charge in [0.25, 0.3) is 0 Å². The molecule has 0 spiro atoms. The number of rotatable bonds is 6. The van der Waals surface area contributed by atoms with Crippen molar-refractivity contribution in [2.75, 3.05) is 17.3 Å². The van der Waals surface area contributed by atoms with Crippen LogP contribution < -0.4 is 0 Å². The molecule has 19 heavy (non-hydrogen) atoms. The average molecular weight is 312 g/mol. The molecule has 0 aromatic heterocycles. The fourth-order valence-electron chi connectivity index (χ4n) is 2.15. The van der Waals surface area contributed by atoms with Gasteiger partial charge in [0.15, 0.2) is 19.7 Å². The molecule has 0 N–H and O–H groups in total. The van der Waals surface area contributed by atoms with Crippen molar-refractivity contribution in [3.8, 4) is 0 Å². The van der Waals surface area contributed by atoms with Gasteiger partial charge in [-0.3, -0.25) is 4.79 Å². The third-order valence-corrected chi connectivity index (χ3v) is 7.23. The zero-order chi connectivity index (χ0) is 14.7. The van der Waals surface area contributed by atoms with Gasteiger partial charge in [0.1, 0.15) is 11.4 Å². The van der Waals surface area contributed by atoms with Gasteiger partial charge in [0.2, 0.25) is 0 Å². The third-order valence-electron chi connectivity index (χ3n) is 3.06. The molecule has 0 bridgehead atoms. The van der Waals surface area contributed by atoms with Crippen LogP contribution in [0, 0.1) is 0 Å². The van der Waals surface area contributed by atoms with Crippen LogP contribution in [0.4, 0.5) is 0 Å². The molecular formula is C11H20O6S2. The van der Waals surface area contributed by atoms with E-state index in [0.29, 0.717) is 6.42 Å². The lowest BCUT2D eigenvalue weighted by molar-refractivity contribution is -0.144. The van der Waals surface area contributed by atoms with E-state index in [2.05, 4.69) is 0 Å². The van der Waals surface area contributed by atoms with Crippen molar-refractivity contribution >= 4 is 25.6 Å². The molecule has 8 heteroatoms. The normalized spacial score (nSPS) is 26.2. The van der Waals surface area contributed by atoms with E-state index >= 15 is 0 Å². The second-order valence-electron chi connectivity index (χ2n) is 4.84. The smallest absolute Gasteiger partial charge is 0.302 e. The third kappa shape index (κ3) is 4.76. The summed E-state index contributed by atoms with van der Waals surface area (Å²) in [5.74, 6) is -1.56. The van der Waals surface area contributed by atoms with Crippen LogP contribution in [0.3, 0.4) is 0 Å². The summed E-state index contributed by atoms with van der Waals surface area (Å²) >= 11 is 0. The number of ether oxygens (including phenoxy) is 1. The maximum atomic E-state index is 12.1. The zero-order valence-electron chi connectivity index (χ0n) is 11.2. The summed E-state index contributed by atoms with van der Waals surface area (Å²) in [5.41, 5.74) is 0. The Labute approximate surface area is 114 Å². The van der Waals surface area contributed by atoms with Crippen molar-refractivity contribution in [2.24, 2.45) is 0 Å². The van der Waals surface area contributed by atoms with E-state index in [0.717, 1.165) is 19.8 Å². The highest BCUT2D eigenvalue weighted by atomic mass is 32.2. The Morgan fingerprint density at radius 2 is 1.89 bits per heavy atom. The molecule has 0 saturated carbocycles. The van der Waals surface area contributed by atoms with E-state index in [-0.39, 0.29) is 5.75 Å². The zero-order valence-corrected chi connectivity index (χ0v) is 12.8. The van der Waals surface area contributed by atoms with Crippen molar-refractivity contribution in [1.82, 2.24) is 0 Å². The lowest BCUT2D eigenvalue weighted by Crippen LogP contribution is -2.37. The summed E-state index contributed by atoms with van der Waals surface area (Å²) in [4.78, 5) is 10.9. The molecule has 0 amide bonds. The van der Waals surface area contributed by atoms with Crippen LogP contribution >= 0.6 is 0 Å². The van der Waals surface area contributed by atoms with Gasteiger partial charge in [-0.1, -0.05) is 19.8 Å². The minimum atomic E-state index is -3.55. The van der Waals surface area contributed by atoms with Crippen LogP contribution in [-0.2, 0) is 29.2 Å². The van der Waals surface area contributed by atoms with E-state index in [4.69, 9.17) is 4.74 Å². The molecule has 1 aliphatic heterocycles. The Morgan fingerprint density at radius 1 is 1.26 bits per heavy atom. The predicted molar refractivity (Wildman–Crippen MR) is 71.3 cm³/mol. The van der Waals surface area contributed by atoms with Crippen LogP contribution in [0.25, 0.3) is 0 Å². The fourth-order valence-corrected chi connectivity index (χ4v) is 6.89. The molecule has 0 aromatic rings. The number of hydrogen-bond acceptors (Lipinski definition) is 6. The number of unbranched alkanes of at least 4 members (excludes halogenated alkanes) is 2. The first-order valence-corrected chi connectivity index (χ1v) is 9.81. The fraction of sp³-hybridized carbons (Fsp3) is 0.909. The molecule has 0 radical (unpaired) electrons. The van der Waals surface area contributed by atoms with Gasteiger partial charge in [-0.2, -0.15) is 0 Å². The summed E-state index contributed by atoms with van der Waals surface area (Å²) in [7, 11) is -7.01. The highest BCUT2D eigenvalue weighted by molar-refractivity contribution is 7.96. The first-order chi connectivity index (χ1) is 8.68. The van der Waals surface area contributed by atoms with Crippen LogP contribution in [0.2, 0.25) is 0 Å². The van der Waals surface area contributed by atoms with Crippen molar-refractivity contribution < 1.29 is 26.4 Å². The molecule has 0 unspecified atom stereocenters. The van der Waals surface area contributed by atoms with E-state index in [1.807, 2.05) is 6.92 Å². The average Bonchev–Trinajstić information content (AvgIpc) is 2.53. The number of esters is 1. The van der Waals surface area contributed by atoms with Crippen LogP contribution in [0.5, 0.6) is 0 Å². The highest BCUT2D eigenvalue weighted by Crippen LogP contribution is 2.24. The minimum Gasteiger partial charge on any atom is -0.460 e. The Morgan fingerprint density at radius 3 is 2.42 bits per heavy atom. The molecule has 2 atom stereocenters. The van der Waals surface area contributed by atoms with Gasteiger partial charge in [-0.05, 0) is 6.42 Å². The monoisotopic (exact) mass is 312 g/mol. The van der Waals surface area contributed by atoms with E-state index < -0.39 is 48.5 Å². The Balaban J connectivity index is 2.85. The summed E-state index contributed by atoms with van der Waals surface area (Å²) in [6.45, 7) is 3.10. The van der Waals surface area contributed by atoms with E-state index in [1.54, 1.807) is 0 Å². The number of hydrogen-bond donors (Lipinski definition) is 0. The van der Waals surface area contributed by atoms with Gasteiger partial charge in [-0.25, -0.2) is 16.8 Å². The standard InChI is InChI=1S/C11H20O6S2/c1-3-4-5-6-19(15,16)11-8-18(13,14)7-10(11)17-9(2)12/h10-11H,3-8H2,1-2H3/t10-,11-/m0/s1. The Hall–Kier alpha value is -0.630. The van der Waals surface area contributed by atoms with Crippen molar-refractivity contribution in [2.45, 2.75) is 44.5 Å². The Bertz CT molecular complexity index is 519. The first-order valence-electron chi connectivity index (χ1n) is 6.27. The maximum absolute atomic E-state index is 12.1. The molecule has 0 aliphatic carbocycles. The molecular weight excluding hydrogens is 292 g/mol. The largest absolute Gasteiger partial charge is 0.460 e. The second-order valence-corrected chi connectivity index (χ2v) is 9.33. The van der Waals surface area contributed by atoms with Gasteiger partial charge in [0.05, 0.1) is 17.3 Å². The molecule has 1 rings (SSSR count). The van der Waals surface area contributed by atoms with Gasteiger partial charge >= 0.3 is 5.97 Å². The molecule has 1 aliphatic rings. The highest BCUT2D eigenvalue weighted by Gasteiger charge is 2.46. The van der Waals surface area contributed by atoms with Crippen LogP contribution in [0.1, 0.15) is 33.1 Å². The SMILES string of the molecule is CCCCCS(=O)(=O)[C@H]1CS(=O)(=O)C[C@@H]1OC(C)=O. The number of sulfone groups is 2. The molecule has 0 aromatic carbocycles. The second kappa shape index (κ2) is 6.21. The number of carbonyl (C=O) groups excluding carboxylic acids is 1. The minimum absolute atomic E-state index is 0.0568. The van der Waals surface area contributed by atoms with Crippen molar-refractivity contribution in [3.63, 3.8) is 0 Å². The molecule has 6 nitrogen and oxygen atoms in total. The lowest BCUT2D eigenvalue weighted by Gasteiger charge is -2.18. The van der Waals surface area contributed by atoms with Gasteiger partial charge in [0, 0.05) is 6.92 Å². The van der Waals surface area contributed by atoms with E-state index in [9.17, 15) is 21.6 Å². The summed E-state index contributed by atoms with van der Waals surface area (Å²) < 4.78 is 52.2. The first kappa shape index (κ1) is 16.4. The Kier molecular flexibility index (Phi) is 5.37. The van der Waals surface area contributed by atoms with Gasteiger partial charge in [-0.15, -0.1) is 0 Å². The van der Waals surface area contributed by atoms with Crippen molar-refractivity contribution in [1.29, 1.82) is 0 Å². The number of carbonyl (C=O) groups is 1. The topological polar surface area (TPSA) is 94.6 Å². The molecule has 1 fully saturated rings. The summed E-state index contributed by atoms with van der Waals surface area (Å²) in [5, 5.41) is -1.11. The summed E-state index contributed by atoms with van der Waals surface area (Å²) in [6, 6.07) is 0. The van der Waals surface area contributed by atoms with E-state index in [1.165, 1.54) is 0 Å². The lowest BCUT2D eigenvalue weighted by atomic mass is 10.3. The van der Waals surface area contributed by atoms with Crippen molar-refractivity contribution in [3.05, 3.63) is 0 Å². The molecule has 1 saturated heterocycles. The van der Waals surface area contributed by atoms with Crippen LogP contribution in [0.15, 0.2) is 0 Å².